The van der Waals surface area contributed by atoms with Gasteiger partial charge >= 0.3 is 0 Å². The molecular weight excluding hydrogens is 257 g/mol. The average Bonchev–Trinajstić information content (AvgIpc) is 2.45. The van der Waals surface area contributed by atoms with E-state index in [9.17, 15) is 4.39 Å². The Kier molecular flexibility index (Phi) is 4.63. The predicted molar refractivity (Wildman–Crippen MR) is 75.0 cm³/mol. The monoisotopic (exact) mass is 275 g/mol. The molecule has 0 amide bonds. The molecule has 2 rings (SSSR count). The highest BCUT2D eigenvalue weighted by Crippen LogP contribution is 2.22. The number of hydrogen-bond donors (Lipinski definition) is 1. The maximum atomic E-state index is 13.4. The molecule has 20 heavy (non-hydrogen) atoms. The fourth-order valence-electron chi connectivity index (χ4n) is 1.92. The number of rotatable bonds is 5. The van der Waals surface area contributed by atoms with E-state index < -0.39 is 0 Å². The molecule has 1 unspecified atom stereocenters. The highest BCUT2D eigenvalue weighted by molar-refractivity contribution is 5.31. The molecule has 0 spiro atoms. The summed E-state index contributed by atoms with van der Waals surface area (Å²) < 4.78 is 18.4. The Morgan fingerprint density at radius 2 is 2.15 bits per heavy atom. The quantitative estimate of drug-likeness (QED) is 0.911. The van der Waals surface area contributed by atoms with E-state index in [1.54, 1.807) is 18.3 Å². The largest absolute Gasteiger partial charge is 0.494 e. The first-order chi connectivity index (χ1) is 9.60. The Labute approximate surface area is 118 Å². The number of methoxy groups -OCH3 is 1. The third-order valence-electron chi connectivity index (χ3n) is 3.10. The molecule has 0 aliphatic rings. The van der Waals surface area contributed by atoms with Crippen LogP contribution in [0.4, 0.5) is 4.39 Å². The zero-order chi connectivity index (χ0) is 14.5. The van der Waals surface area contributed by atoms with Gasteiger partial charge in [-0.2, -0.15) is 0 Å². The first-order valence-electron chi connectivity index (χ1n) is 6.45. The van der Waals surface area contributed by atoms with Crippen molar-refractivity contribution in [2.45, 2.75) is 26.4 Å². The lowest BCUT2D eigenvalue weighted by Crippen LogP contribution is -2.19. The fraction of sp³-hybridized carbons (Fsp3) is 0.333. The molecule has 0 bridgehead atoms. The number of nitrogens with zero attached hydrogens (tertiary/aromatic N) is 2. The van der Waals surface area contributed by atoms with Crippen LogP contribution in [0.25, 0.3) is 0 Å². The van der Waals surface area contributed by atoms with Gasteiger partial charge in [-0.3, -0.25) is 0 Å². The molecule has 0 aliphatic carbocycles. The summed E-state index contributed by atoms with van der Waals surface area (Å²) in [5, 5.41) is 3.34. The molecule has 1 aromatic heterocycles. The summed E-state index contributed by atoms with van der Waals surface area (Å²) in [5.74, 6) is 0.657. The normalized spacial score (nSPS) is 12.2. The predicted octanol–water partition coefficient (Wildman–Crippen LogP) is 2.78. The van der Waals surface area contributed by atoms with Gasteiger partial charge in [0.05, 0.1) is 12.8 Å². The van der Waals surface area contributed by atoms with E-state index in [0.29, 0.717) is 6.54 Å². The van der Waals surface area contributed by atoms with Gasteiger partial charge in [-0.15, -0.1) is 0 Å². The first kappa shape index (κ1) is 14.4. The van der Waals surface area contributed by atoms with Crippen LogP contribution in [0.2, 0.25) is 0 Å². The van der Waals surface area contributed by atoms with Gasteiger partial charge in [-0.05, 0) is 37.6 Å². The second-order valence-electron chi connectivity index (χ2n) is 4.59. The van der Waals surface area contributed by atoms with Crippen LogP contribution < -0.4 is 10.1 Å². The molecule has 0 radical (unpaired) electrons. The first-order valence-corrected chi connectivity index (χ1v) is 6.45. The Hall–Kier alpha value is -2.01. The van der Waals surface area contributed by atoms with Gasteiger partial charge in [-0.1, -0.05) is 6.07 Å². The lowest BCUT2D eigenvalue weighted by Gasteiger charge is -2.15. The van der Waals surface area contributed by atoms with Gasteiger partial charge in [0.1, 0.15) is 5.82 Å². The maximum Gasteiger partial charge on any atom is 0.165 e. The summed E-state index contributed by atoms with van der Waals surface area (Å²) in [6, 6.07) is 6.82. The zero-order valence-corrected chi connectivity index (χ0v) is 11.9. The van der Waals surface area contributed by atoms with Crippen LogP contribution in [-0.4, -0.2) is 17.1 Å². The molecule has 4 nitrogen and oxygen atoms in total. The van der Waals surface area contributed by atoms with Crippen LogP contribution >= 0.6 is 0 Å². The number of benzene rings is 1. The number of ether oxygens (including phenoxy) is 1. The standard InChI is InChI=1S/C15H18FN3O/c1-10(12-4-5-14(16)15(8-12)20-3)18-9-13-6-7-17-11(2)19-13/h4-8,10,18H,9H2,1-3H3. The van der Waals surface area contributed by atoms with Crippen molar-refractivity contribution in [2.24, 2.45) is 0 Å². The van der Waals surface area contributed by atoms with Crippen molar-refractivity contribution in [3.63, 3.8) is 0 Å². The van der Waals surface area contributed by atoms with Crippen molar-refractivity contribution in [3.8, 4) is 5.75 Å². The topological polar surface area (TPSA) is 47.0 Å². The molecule has 0 aliphatic heterocycles. The van der Waals surface area contributed by atoms with Gasteiger partial charge in [0.15, 0.2) is 11.6 Å². The van der Waals surface area contributed by atoms with Crippen LogP contribution in [0, 0.1) is 12.7 Å². The van der Waals surface area contributed by atoms with Crippen LogP contribution in [0.15, 0.2) is 30.5 Å². The lowest BCUT2D eigenvalue weighted by atomic mass is 10.1. The van der Waals surface area contributed by atoms with Crippen molar-refractivity contribution in [3.05, 3.63) is 53.4 Å². The van der Waals surface area contributed by atoms with E-state index in [2.05, 4.69) is 15.3 Å². The van der Waals surface area contributed by atoms with Gasteiger partial charge in [0.2, 0.25) is 0 Å². The van der Waals surface area contributed by atoms with Gasteiger partial charge in [0.25, 0.3) is 0 Å². The van der Waals surface area contributed by atoms with E-state index in [4.69, 9.17) is 4.74 Å². The minimum atomic E-state index is -0.352. The van der Waals surface area contributed by atoms with E-state index in [-0.39, 0.29) is 17.6 Å². The molecule has 2 aromatic rings. The minimum absolute atomic E-state index is 0.0692. The Morgan fingerprint density at radius 3 is 2.85 bits per heavy atom. The maximum absolute atomic E-state index is 13.4. The van der Waals surface area contributed by atoms with E-state index in [1.807, 2.05) is 19.9 Å². The van der Waals surface area contributed by atoms with Crippen molar-refractivity contribution in [2.75, 3.05) is 7.11 Å². The highest BCUT2D eigenvalue weighted by Gasteiger charge is 2.09. The molecule has 1 atom stereocenters. The summed E-state index contributed by atoms with van der Waals surface area (Å²) in [4.78, 5) is 8.39. The molecule has 0 saturated heterocycles. The molecular formula is C15H18FN3O. The molecule has 1 N–H and O–H groups in total. The number of aryl methyl sites for hydroxylation is 1. The Morgan fingerprint density at radius 1 is 1.35 bits per heavy atom. The third-order valence-corrected chi connectivity index (χ3v) is 3.10. The number of halogens is 1. The second-order valence-corrected chi connectivity index (χ2v) is 4.59. The summed E-state index contributed by atoms with van der Waals surface area (Å²) in [7, 11) is 1.46. The van der Waals surface area contributed by atoms with Crippen LogP contribution in [0.1, 0.15) is 30.0 Å². The van der Waals surface area contributed by atoms with Crippen molar-refractivity contribution >= 4 is 0 Å². The molecule has 0 fully saturated rings. The number of nitrogens with one attached hydrogen (secondary N) is 1. The Balaban J connectivity index is 2.03. The zero-order valence-electron chi connectivity index (χ0n) is 11.9. The second kappa shape index (κ2) is 6.43. The van der Waals surface area contributed by atoms with Crippen LogP contribution in [0.3, 0.4) is 0 Å². The lowest BCUT2D eigenvalue weighted by molar-refractivity contribution is 0.385. The minimum Gasteiger partial charge on any atom is -0.494 e. The number of aromatic nitrogens is 2. The van der Waals surface area contributed by atoms with Crippen molar-refractivity contribution in [1.82, 2.24) is 15.3 Å². The number of hydrogen-bond acceptors (Lipinski definition) is 4. The highest BCUT2D eigenvalue weighted by atomic mass is 19.1. The van der Waals surface area contributed by atoms with E-state index in [1.165, 1.54) is 13.2 Å². The molecule has 106 valence electrons. The summed E-state index contributed by atoms with van der Waals surface area (Å²) in [6.45, 7) is 4.50. The van der Waals surface area contributed by atoms with Crippen molar-refractivity contribution < 1.29 is 9.13 Å². The van der Waals surface area contributed by atoms with Crippen LogP contribution in [-0.2, 0) is 6.54 Å². The van der Waals surface area contributed by atoms with Crippen molar-refractivity contribution in [1.29, 1.82) is 0 Å². The molecule has 1 aromatic carbocycles. The summed E-state index contributed by atoms with van der Waals surface area (Å²) >= 11 is 0. The van der Waals surface area contributed by atoms with Gasteiger partial charge < -0.3 is 10.1 Å². The third kappa shape index (κ3) is 3.51. The average molecular weight is 275 g/mol. The summed E-state index contributed by atoms with van der Waals surface area (Å²) in [6.07, 6.45) is 1.74. The fourth-order valence-corrected chi connectivity index (χ4v) is 1.92. The van der Waals surface area contributed by atoms with Gasteiger partial charge in [-0.25, -0.2) is 14.4 Å². The van der Waals surface area contributed by atoms with E-state index >= 15 is 0 Å². The molecule has 1 heterocycles. The molecule has 5 heteroatoms. The Bertz CT molecular complexity index is 589. The van der Waals surface area contributed by atoms with Crippen LogP contribution in [0.5, 0.6) is 5.75 Å². The summed E-state index contributed by atoms with van der Waals surface area (Å²) in [5.41, 5.74) is 1.90. The smallest absolute Gasteiger partial charge is 0.165 e. The van der Waals surface area contributed by atoms with E-state index in [0.717, 1.165) is 17.1 Å². The van der Waals surface area contributed by atoms with Gasteiger partial charge in [0, 0.05) is 18.8 Å². The molecule has 0 saturated carbocycles. The SMILES string of the molecule is COc1cc(C(C)NCc2ccnc(C)n2)ccc1F.